The van der Waals surface area contributed by atoms with Crippen LogP contribution in [-0.2, 0) is 9.84 Å². The van der Waals surface area contributed by atoms with Crippen molar-refractivity contribution in [2.24, 2.45) is 0 Å². The van der Waals surface area contributed by atoms with Gasteiger partial charge in [0, 0.05) is 18.5 Å². The quantitative estimate of drug-likeness (QED) is 0.828. The maximum absolute atomic E-state index is 11.9. The second kappa shape index (κ2) is 4.44. The monoisotopic (exact) mass is 294 g/mol. The van der Waals surface area contributed by atoms with E-state index < -0.39 is 9.84 Å². The molecule has 0 amide bonds. The lowest BCUT2D eigenvalue weighted by molar-refractivity contribution is 0.602. The summed E-state index contributed by atoms with van der Waals surface area (Å²) in [5.74, 6) is 0.688. The van der Waals surface area contributed by atoms with Crippen LogP contribution >= 0.6 is 0 Å². The summed E-state index contributed by atoms with van der Waals surface area (Å²) in [5, 5.41) is 14.9. The Morgan fingerprint density at radius 3 is 2.75 bits per heavy atom. The maximum atomic E-state index is 11.9. The molecule has 0 spiro atoms. The van der Waals surface area contributed by atoms with Crippen molar-refractivity contribution in [3.63, 3.8) is 0 Å². The van der Waals surface area contributed by atoms with Gasteiger partial charge in [-0.15, -0.1) is 10.2 Å². The van der Waals surface area contributed by atoms with E-state index in [9.17, 15) is 8.42 Å². The van der Waals surface area contributed by atoms with Gasteiger partial charge in [0.2, 0.25) is 0 Å². The normalized spacial score (nSPS) is 15.2. The summed E-state index contributed by atoms with van der Waals surface area (Å²) in [6.45, 7) is 0. The molecular formula is C11H14N6O2S. The van der Waals surface area contributed by atoms with Crippen LogP contribution in [0.4, 0.5) is 11.6 Å². The van der Waals surface area contributed by atoms with E-state index in [1.165, 1.54) is 10.9 Å². The largest absolute Gasteiger partial charge is 0.382 e. The minimum atomic E-state index is -3.49. The fourth-order valence-electron chi connectivity index (χ4n) is 1.88. The smallest absolute Gasteiger partial charge is 0.182 e. The van der Waals surface area contributed by atoms with Crippen molar-refractivity contribution in [1.29, 1.82) is 0 Å². The summed E-state index contributed by atoms with van der Waals surface area (Å²) in [5.41, 5.74) is 5.93. The summed E-state index contributed by atoms with van der Waals surface area (Å²) in [7, 11) is -3.49. The second-order valence-corrected chi connectivity index (χ2v) is 6.70. The molecule has 1 aliphatic rings. The van der Waals surface area contributed by atoms with Gasteiger partial charge in [0.15, 0.2) is 26.4 Å². The molecule has 3 rings (SSSR count). The van der Waals surface area contributed by atoms with E-state index >= 15 is 0 Å². The van der Waals surface area contributed by atoms with E-state index in [4.69, 9.17) is 5.73 Å². The van der Waals surface area contributed by atoms with Gasteiger partial charge in [0.1, 0.15) is 5.82 Å². The number of sulfone groups is 1. The molecule has 0 saturated heterocycles. The average molecular weight is 294 g/mol. The number of hydrogen-bond acceptors (Lipinski definition) is 7. The van der Waals surface area contributed by atoms with E-state index in [0.29, 0.717) is 5.82 Å². The van der Waals surface area contributed by atoms with Crippen molar-refractivity contribution in [3.8, 4) is 5.82 Å². The Morgan fingerprint density at radius 2 is 2.20 bits per heavy atom. The molecule has 0 unspecified atom stereocenters. The maximum Gasteiger partial charge on any atom is 0.182 e. The molecule has 3 N–H and O–H groups in total. The highest BCUT2D eigenvalue weighted by atomic mass is 32.2. The first-order valence-corrected chi connectivity index (χ1v) is 7.99. The molecule has 0 radical (unpaired) electrons. The minimum absolute atomic E-state index is 0.00931. The number of nitrogen functional groups attached to an aromatic ring is 1. The van der Waals surface area contributed by atoms with Gasteiger partial charge >= 0.3 is 0 Å². The lowest BCUT2D eigenvalue weighted by Gasteiger charge is -2.02. The zero-order valence-electron chi connectivity index (χ0n) is 10.8. The fraction of sp³-hybridized carbons (Fsp3) is 0.364. The topological polar surface area (TPSA) is 116 Å². The predicted molar refractivity (Wildman–Crippen MR) is 73.3 cm³/mol. The number of nitrogens with one attached hydrogen (secondary N) is 1. The summed E-state index contributed by atoms with van der Waals surface area (Å²) < 4.78 is 25.1. The number of hydrogen-bond donors (Lipinski definition) is 2. The van der Waals surface area contributed by atoms with Gasteiger partial charge in [0.25, 0.3) is 0 Å². The third-order valence-corrected chi connectivity index (χ3v) is 4.08. The van der Waals surface area contributed by atoms with E-state index in [0.717, 1.165) is 19.1 Å². The van der Waals surface area contributed by atoms with Crippen LogP contribution in [0.3, 0.4) is 0 Å². The van der Waals surface area contributed by atoms with Gasteiger partial charge < -0.3 is 11.1 Å². The van der Waals surface area contributed by atoms with Crippen LogP contribution in [0.15, 0.2) is 23.2 Å². The van der Waals surface area contributed by atoms with Crippen LogP contribution in [0.2, 0.25) is 0 Å². The van der Waals surface area contributed by atoms with Crippen molar-refractivity contribution in [3.05, 3.63) is 18.3 Å². The van der Waals surface area contributed by atoms with Gasteiger partial charge in [-0.05, 0) is 25.0 Å². The van der Waals surface area contributed by atoms with Gasteiger partial charge in [0.05, 0.1) is 0 Å². The fourth-order valence-corrected chi connectivity index (χ4v) is 2.80. The molecule has 2 aromatic rings. The molecule has 9 heteroatoms. The van der Waals surface area contributed by atoms with Crippen molar-refractivity contribution in [1.82, 2.24) is 20.0 Å². The van der Waals surface area contributed by atoms with E-state index in [1.54, 1.807) is 12.1 Å². The van der Waals surface area contributed by atoms with E-state index in [1.807, 2.05) is 0 Å². The predicted octanol–water partition coefficient (Wildman–Crippen LogP) is 0.222. The van der Waals surface area contributed by atoms with Crippen LogP contribution in [0.5, 0.6) is 0 Å². The molecule has 0 aromatic carbocycles. The number of nitrogens with two attached hydrogens (primary N) is 1. The first kappa shape index (κ1) is 12.9. The van der Waals surface area contributed by atoms with Crippen LogP contribution in [0.25, 0.3) is 5.82 Å². The molecule has 2 heterocycles. The lowest BCUT2D eigenvalue weighted by Crippen LogP contribution is -2.08. The van der Waals surface area contributed by atoms with Crippen molar-refractivity contribution >= 4 is 21.5 Å². The number of anilines is 2. The molecule has 106 valence electrons. The highest BCUT2D eigenvalue weighted by Gasteiger charge is 2.29. The highest BCUT2D eigenvalue weighted by Crippen LogP contribution is 2.32. The average Bonchev–Trinajstić information content (AvgIpc) is 3.12. The SMILES string of the molecule is CS(=O)(=O)c1c(NC2CC2)nn(-c2cccnn2)c1N. The summed E-state index contributed by atoms with van der Waals surface area (Å²) in [6, 6.07) is 3.60. The van der Waals surface area contributed by atoms with Crippen molar-refractivity contribution in [2.45, 2.75) is 23.8 Å². The minimum Gasteiger partial charge on any atom is -0.382 e. The van der Waals surface area contributed by atoms with E-state index in [-0.39, 0.29) is 22.6 Å². The molecule has 1 saturated carbocycles. The zero-order chi connectivity index (χ0) is 14.3. The van der Waals surface area contributed by atoms with E-state index in [2.05, 4.69) is 20.6 Å². The van der Waals surface area contributed by atoms with Gasteiger partial charge in [-0.1, -0.05) is 0 Å². The number of nitrogens with zero attached hydrogens (tertiary/aromatic N) is 4. The van der Waals surface area contributed by atoms with Gasteiger partial charge in [-0.3, -0.25) is 0 Å². The molecule has 0 atom stereocenters. The molecule has 1 aliphatic carbocycles. The Hall–Kier alpha value is -2.16. The molecule has 0 aliphatic heterocycles. The van der Waals surface area contributed by atoms with Crippen molar-refractivity contribution in [2.75, 3.05) is 17.3 Å². The van der Waals surface area contributed by atoms with Crippen LogP contribution in [-0.4, -0.2) is 40.7 Å². The third kappa shape index (κ3) is 2.31. The van der Waals surface area contributed by atoms with Crippen molar-refractivity contribution < 1.29 is 8.42 Å². The Balaban J connectivity index is 2.15. The third-order valence-electron chi connectivity index (χ3n) is 2.94. The Labute approximate surface area is 115 Å². The standard InChI is InChI=1S/C11H14N6O2S/c1-20(18,19)9-10(12)17(8-3-2-6-13-15-8)16-11(9)14-7-4-5-7/h2-3,6-7H,4-5,12H2,1H3,(H,14,16). The first-order valence-electron chi connectivity index (χ1n) is 6.10. The van der Waals surface area contributed by atoms with Gasteiger partial charge in [-0.25, -0.2) is 8.42 Å². The Morgan fingerprint density at radius 1 is 1.45 bits per heavy atom. The first-order chi connectivity index (χ1) is 9.47. The molecule has 20 heavy (non-hydrogen) atoms. The molecule has 2 aromatic heterocycles. The summed E-state index contributed by atoms with van der Waals surface area (Å²) in [4.78, 5) is 0.00931. The molecule has 1 fully saturated rings. The Kier molecular flexibility index (Phi) is 2.85. The molecule has 8 nitrogen and oxygen atoms in total. The highest BCUT2D eigenvalue weighted by molar-refractivity contribution is 7.91. The Bertz CT molecular complexity index is 736. The molecular weight excluding hydrogens is 280 g/mol. The molecule has 0 bridgehead atoms. The van der Waals surface area contributed by atoms with Crippen LogP contribution in [0, 0.1) is 0 Å². The van der Waals surface area contributed by atoms with Crippen LogP contribution < -0.4 is 11.1 Å². The second-order valence-electron chi connectivity index (χ2n) is 4.75. The summed E-state index contributed by atoms with van der Waals surface area (Å²) >= 11 is 0. The number of rotatable bonds is 4. The zero-order valence-corrected chi connectivity index (χ0v) is 11.6. The number of aromatic nitrogens is 4. The lowest BCUT2D eigenvalue weighted by atomic mass is 10.5. The summed E-state index contributed by atoms with van der Waals surface area (Å²) in [6.07, 6.45) is 4.63. The van der Waals surface area contributed by atoms with Crippen LogP contribution in [0.1, 0.15) is 12.8 Å². The van der Waals surface area contributed by atoms with Gasteiger partial charge in [-0.2, -0.15) is 9.78 Å².